The third kappa shape index (κ3) is 3.17. The third-order valence-corrected chi connectivity index (χ3v) is 2.72. The summed E-state index contributed by atoms with van der Waals surface area (Å²) >= 11 is 0. The molecule has 2 rings (SSSR count). The monoisotopic (exact) mass is 262 g/mol. The molecular weight excluding hydrogens is 248 g/mol. The maximum absolute atomic E-state index is 10.7. The molecule has 0 aliphatic heterocycles. The highest BCUT2D eigenvalue weighted by Gasteiger charge is 2.12. The van der Waals surface area contributed by atoms with Gasteiger partial charge in [-0.05, 0) is 31.2 Å². The number of aromatic nitrogens is 2. The molecule has 0 amide bonds. The maximum Gasteiger partial charge on any atom is 0.335 e. The van der Waals surface area contributed by atoms with Gasteiger partial charge in [-0.25, -0.2) is 4.79 Å². The van der Waals surface area contributed by atoms with Crippen molar-refractivity contribution >= 4 is 5.97 Å². The molecular formula is C13H14N2O4. The van der Waals surface area contributed by atoms with Crippen molar-refractivity contribution < 1.29 is 19.2 Å². The molecule has 1 aromatic heterocycles. The van der Waals surface area contributed by atoms with Gasteiger partial charge in [0, 0.05) is 19.1 Å². The molecule has 0 aliphatic carbocycles. The average molecular weight is 262 g/mol. The normalized spacial score (nSPS) is 12.3. The van der Waals surface area contributed by atoms with Gasteiger partial charge in [0.15, 0.2) is 5.82 Å². The number of methoxy groups -OCH3 is 1. The van der Waals surface area contributed by atoms with Crippen LogP contribution in [-0.4, -0.2) is 34.4 Å². The highest BCUT2D eigenvalue weighted by atomic mass is 16.5. The van der Waals surface area contributed by atoms with Gasteiger partial charge in [0.2, 0.25) is 0 Å². The van der Waals surface area contributed by atoms with E-state index in [0.717, 1.165) is 0 Å². The average Bonchev–Trinajstić information content (AvgIpc) is 2.87. The van der Waals surface area contributed by atoms with Crippen molar-refractivity contribution in [1.29, 1.82) is 0 Å². The first kappa shape index (κ1) is 13.2. The van der Waals surface area contributed by atoms with Crippen molar-refractivity contribution in [2.24, 2.45) is 0 Å². The molecule has 6 heteroatoms. The van der Waals surface area contributed by atoms with Gasteiger partial charge < -0.3 is 14.4 Å². The van der Waals surface area contributed by atoms with Crippen molar-refractivity contribution in [2.45, 2.75) is 19.4 Å². The zero-order chi connectivity index (χ0) is 13.8. The molecule has 19 heavy (non-hydrogen) atoms. The number of benzene rings is 1. The van der Waals surface area contributed by atoms with Crippen LogP contribution in [0.1, 0.15) is 23.1 Å². The second-order valence-corrected chi connectivity index (χ2v) is 4.15. The Hall–Kier alpha value is -2.21. The minimum Gasteiger partial charge on any atom is -0.478 e. The van der Waals surface area contributed by atoms with E-state index in [1.165, 1.54) is 12.1 Å². The molecule has 1 N–H and O–H groups in total. The molecule has 1 heterocycles. The summed E-state index contributed by atoms with van der Waals surface area (Å²) in [7, 11) is 1.62. The number of hydrogen-bond donors (Lipinski definition) is 1. The summed E-state index contributed by atoms with van der Waals surface area (Å²) < 4.78 is 10.3. The van der Waals surface area contributed by atoms with Crippen LogP contribution >= 0.6 is 0 Å². The smallest absolute Gasteiger partial charge is 0.335 e. The van der Waals surface area contributed by atoms with E-state index in [0.29, 0.717) is 23.7 Å². The van der Waals surface area contributed by atoms with E-state index in [9.17, 15) is 4.79 Å². The summed E-state index contributed by atoms with van der Waals surface area (Å²) in [6.45, 7) is 1.91. The van der Waals surface area contributed by atoms with E-state index in [1.54, 1.807) is 19.2 Å². The van der Waals surface area contributed by atoms with Gasteiger partial charge in [0.1, 0.15) is 0 Å². The van der Waals surface area contributed by atoms with Crippen LogP contribution in [0.5, 0.6) is 0 Å². The second-order valence-electron chi connectivity index (χ2n) is 4.15. The highest BCUT2D eigenvalue weighted by Crippen LogP contribution is 2.18. The van der Waals surface area contributed by atoms with Gasteiger partial charge >= 0.3 is 5.97 Å². The van der Waals surface area contributed by atoms with Gasteiger partial charge in [-0.15, -0.1) is 0 Å². The largest absolute Gasteiger partial charge is 0.478 e. The number of rotatable bonds is 5. The zero-order valence-corrected chi connectivity index (χ0v) is 10.7. The molecule has 1 aromatic carbocycles. The Morgan fingerprint density at radius 1 is 1.42 bits per heavy atom. The van der Waals surface area contributed by atoms with Crippen molar-refractivity contribution in [3.8, 4) is 11.5 Å². The Balaban J connectivity index is 2.16. The van der Waals surface area contributed by atoms with Crippen molar-refractivity contribution in [1.82, 2.24) is 10.1 Å². The number of carboxylic acids is 1. The predicted octanol–water partition coefficient (Wildman–Crippen LogP) is 2.01. The van der Waals surface area contributed by atoms with Gasteiger partial charge in [0.05, 0.1) is 11.7 Å². The van der Waals surface area contributed by atoms with Crippen molar-refractivity contribution in [3.05, 3.63) is 35.7 Å². The van der Waals surface area contributed by atoms with Gasteiger partial charge in [-0.1, -0.05) is 5.16 Å². The van der Waals surface area contributed by atoms with Crippen LogP contribution in [0, 0.1) is 0 Å². The predicted molar refractivity (Wildman–Crippen MR) is 66.9 cm³/mol. The lowest BCUT2D eigenvalue weighted by molar-refractivity contribution is 0.0697. The Kier molecular flexibility index (Phi) is 3.91. The first-order valence-electron chi connectivity index (χ1n) is 5.79. The second kappa shape index (κ2) is 5.62. The van der Waals surface area contributed by atoms with Gasteiger partial charge in [-0.2, -0.15) is 4.98 Å². The Morgan fingerprint density at radius 2 is 2.11 bits per heavy atom. The topological polar surface area (TPSA) is 85.5 Å². The highest BCUT2D eigenvalue weighted by molar-refractivity contribution is 5.88. The number of carboxylic acid groups (broad SMARTS) is 1. The number of nitrogens with zero attached hydrogens (tertiary/aromatic N) is 2. The van der Waals surface area contributed by atoms with Crippen LogP contribution in [-0.2, 0) is 11.2 Å². The van der Waals surface area contributed by atoms with Crippen LogP contribution in [0.3, 0.4) is 0 Å². The summed E-state index contributed by atoms with van der Waals surface area (Å²) in [6.07, 6.45) is 0.576. The standard InChI is InChI=1S/C13H14N2O4/c1-8(18-2)7-11-14-12(19-15-11)9-3-5-10(6-4-9)13(16)17/h3-6,8H,7H2,1-2H3,(H,16,17). The number of aromatic carboxylic acids is 1. The van der Waals surface area contributed by atoms with Gasteiger partial charge in [0.25, 0.3) is 5.89 Å². The van der Waals surface area contributed by atoms with E-state index in [-0.39, 0.29) is 11.7 Å². The summed E-state index contributed by atoms with van der Waals surface area (Å²) in [5.74, 6) is -0.0337. The first-order chi connectivity index (χ1) is 9.10. The molecule has 0 fully saturated rings. The van der Waals surface area contributed by atoms with Crippen molar-refractivity contribution in [3.63, 3.8) is 0 Å². The summed E-state index contributed by atoms with van der Waals surface area (Å²) in [5.41, 5.74) is 0.908. The molecule has 100 valence electrons. The molecule has 1 unspecified atom stereocenters. The fourth-order valence-electron chi connectivity index (χ4n) is 1.55. The zero-order valence-electron chi connectivity index (χ0n) is 10.7. The third-order valence-electron chi connectivity index (χ3n) is 2.72. The maximum atomic E-state index is 10.7. The van der Waals surface area contributed by atoms with Gasteiger partial charge in [-0.3, -0.25) is 0 Å². The Labute approximate surface area is 110 Å². The molecule has 0 radical (unpaired) electrons. The molecule has 0 saturated heterocycles. The molecule has 2 aromatic rings. The lowest BCUT2D eigenvalue weighted by Crippen LogP contribution is -2.09. The van der Waals surface area contributed by atoms with E-state index in [1.807, 2.05) is 6.92 Å². The lowest BCUT2D eigenvalue weighted by Gasteiger charge is -2.03. The minimum atomic E-state index is -0.966. The fraction of sp³-hybridized carbons (Fsp3) is 0.308. The minimum absolute atomic E-state index is 0.0137. The Morgan fingerprint density at radius 3 is 2.68 bits per heavy atom. The molecule has 0 aliphatic rings. The number of carbonyl (C=O) groups is 1. The van der Waals surface area contributed by atoms with E-state index < -0.39 is 5.97 Å². The molecule has 1 atom stereocenters. The lowest BCUT2D eigenvalue weighted by atomic mass is 10.1. The Bertz CT molecular complexity index is 562. The van der Waals surface area contributed by atoms with Crippen LogP contribution in [0.2, 0.25) is 0 Å². The molecule has 0 spiro atoms. The van der Waals surface area contributed by atoms with E-state index >= 15 is 0 Å². The molecule has 6 nitrogen and oxygen atoms in total. The quantitative estimate of drug-likeness (QED) is 0.887. The summed E-state index contributed by atoms with van der Waals surface area (Å²) in [4.78, 5) is 15.0. The molecule has 0 saturated carbocycles. The van der Waals surface area contributed by atoms with Crippen LogP contribution in [0.4, 0.5) is 0 Å². The number of hydrogen-bond acceptors (Lipinski definition) is 5. The SMILES string of the molecule is COC(C)Cc1noc(-c2ccc(C(=O)O)cc2)n1. The van der Waals surface area contributed by atoms with Crippen LogP contribution in [0.25, 0.3) is 11.5 Å². The molecule has 0 bridgehead atoms. The van der Waals surface area contributed by atoms with Crippen LogP contribution in [0.15, 0.2) is 28.8 Å². The summed E-state index contributed by atoms with van der Waals surface area (Å²) in [6, 6.07) is 6.28. The van der Waals surface area contributed by atoms with E-state index in [2.05, 4.69) is 10.1 Å². The fourth-order valence-corrected chi connectivity index (χ4v) is 1.55. The van der Waals surface area contributed by atoms with E-state index in [4.69, 9.17) is 14.4 Å². The first-order valence-corrected chi connectivity index (χ1v) is 5.79. The summed E-state index contributed by atoms with van der Waals surface area (Å²) in [5, 5.41) is 12.7. The number of ether oxygens (including phenoxy) is 1. The van der Waals surface area contributed by atoms with Crippen molar-refractivity contribution in [2.75, 3.05) is 7.11 Å². The van der Waals surface area contributed by atoms with Crippen LogP contribution < -0.4 is 0 Å².